The Bertz CT molecular complexity index is 760. The number of carbonyl (C=O) groups excluding carboxylic acids is 1. The van der Waals surface area contributed by atoms with Crippen LogP contribution >= 0.6 is 0 Å². The minimum absolute atomic E-state index is 0.316. The van der Waals surface area contributed by atoms with E-state index in [-0.39, 0.29) is 5.82 Å². The first-order valence-corrected chi connectivity index (χ1v) is 7.18. The van der Waals surface area contributed by atoms with Crippen molar-refractivity contribution in [2.75, 3.05) is 14.1 Å². The minimum Gasteiger partial charge on any atom is -0.395 e. The number of halogens is 1. The Kier molecular flexibility index (Phi) is 4.06. The van der Waals surface area contributed by atoms with E-state index in [1.54, 1.807) is 38.6 Å². The lowest BCUT2D eigenvalue weighted by molar-refractivity contribution is 0.167. The van der Waals surface area contributed by atoms with Gasteiger partial charge in [0.25, 0.3) is 0 Å². The first kappa shape index (κ1) is 15.1. The van der Waals surface area contributed by atoms with Gasteiger partial charge in [0.2, 0.25) is 5.90 Å². The van der Waals surface area contributed by atoms with Crippen molar-refractivity contribution < 1.29 is 13.9 Å². The second-order valence-corrected chi connectivity index (χ2v) is 5.49. The molecule has 0 saturated carbocycles. The summed E-state index contributed by atoms with van der Waals surface area (Å²) in [5.41, 5.74) is 2.47. The quantitative estimate of drug-likeness (QED) is 0.813. The molecule has 1 aromatic heterocycles. The molecule has 2 heterocycles. The fourth-order valence-corrected chi connectivity index (χ4v) is 2.45. The molecule has 0 fully saturated rings. The lowest BCUT2D eigenvalue weighted by atomic mass is 9.91. The summed E-state index contributed by atoms with van der Waals surface area (Å²) in [6.45, 7) is 0. The van der Waals surface area contributed by atoms with Gasteiger partial charge in [-0.3, -0.25) is 4.98 Å². The topological polar surface area (TPSA) is 54.8 Å². The molecule has 6 heteroatoms. The highest BCUT2D eigenvalue weighted by Crippen LogP contribution is 2.33. The van der Waals surface area contributed by atoms with E-state index in [0.717, 1.165) is 16.7 Å². The molecule has 0 spiro atoms. The summed E-state index contributed by atoms with van der Waals surface area (Å²) in [6, 6.07) is 7.80. The van der Waals surface area contributed by atoms with Gasteiger partial charge in [0.1, 0.15) is 11.9 Å². The largest absolute Gasteiger partial charge is 0.415 e. The summed E-state index contributed by atoms with van der Waals surface area (Å²) >= 11 is 0. The molecule has 0 bridgehead atoms. The van der Waals surface area contributed by atoms with Crippen molar-refractivity contribution in [2.45, 2.75) is 12.5 Å². The Balaban J connectivity index is 2.01. The molecule has 3 rings (SSSR count). The van der Waals surface area contributed by atoms with Crippen molar-refractivity contribution in [1.82, 2.24) is 9.88 Å². The van der Waals surface area contributed by atoms with Crippen molar-refractivity contribution in [3.05, 3.63) is 65.2 Å². The van der Waals surface area contributed by atoms with Gasteiger partial charge < -0.3 is 9.64 Å². The van der Waals surface area contributed by atoms with Crippen LogP contribution in [0.3, 0.4) is 0 Å². The predicted octanol–water partition coefficient (Wildman–Crippen LogP) is 2.96. The molecule has 118 valence electrons. The van der Waals surface area contributed by atoms with Gasteiger partial charge in [0.15, 0.2) is 0 Å². The number of hydrogen-bond donors (Lipinski definition) is 0. The number of pyridine rings is 1. The summed E-state index contributed by atoms with van der Waals surface area (Å²) in [7, 11) is 3.21. The number of ether oxygens (including phenoxy) is 1. The summed E-state index contributed by atoms with van der Waals surface area (Å²) in [5.74, 6) is -0.00163. The van der Waals surface area contributed by atoms with E-state index in [2.05, 4.69) is 9.98 Å². The van der Waals surface area contributed by atoms with Crippen LogP contribution in [0.4, 0.5) is 9.18 Å². The monoisotopic (exact) mass is 313 g/mol. The van der Waals surface area contributed by atoms with Crippen molar-refractivity contribution in [1.29, 1.82) is 0 Å². The van der Waals surface area contributed by atoms with E-state index in [0.29, 0.717) is 12.3 Å². The Hall–Kier alpha value is -2.76. The van der Waals surface area contributed by atoms with Gasteiger partial charge >= 0.3 is 6.09 Å². The minimum atomic E-state index is -0.487. The second kappa shape index (κ2) is 6.16. The Labute approximate surface area is 133 Å². The highest BCUT2D eigenvalue weighted by molar-refractivity contribution is 5.90. The number of nitrogens with zero attached hydrogens (tertiary/aromatic N) is 3. The molecule has 1 atom stereocenters. The second-order valence-electron chi connectivity index (χ2n) is 5.49. The third-order valence-corrected chi connectivity index (χ3v) is 3.59. The van der Waals surface area contributed by atoms with Crippen molar-refractivity contribution >= 4 is 12.0 Å². The number of benzene rings is 1. The van der Waals surface area contributed by atoms with Gasteiger partial charge in [-0.25, -0.2) is 14.2 Å². The number of aromatic nitrogens is 1. The maximum Gasteiger partial charge on any atom is 0.415 e. The fourth-order valence-electron chi connectivity index (χ4n) is 2.45. The molecule has 1 unspecified atom stereocenters. The number of carbonyl (C=O) groups is 1. The molecule has 1 aromatic carbocycles. The van der Waals surface area contributed by atoms with E-state index in [1.165, 1.54) is 17.0 Å². The summed E-state index contributed by atoms with van der Waals surface area (Å²) in [6.07, 6.45) is 3.21. The number of fused-ring (bicyclic) bond motifs is 1. The van der Waals surface area contributed by atoms with Crippen LogP contribution in [-0.4, -0.2) is 36.0 Å². The molecule has 23 heavy (non-hydrogen) atoms. The van der Waals surface area contributed by atoms with Gasteiger partial charge in [-0.05, 0) is 34.9 Å². The summed E-state index contributed by atoms with van der Waals surface area (Å²) in [5, 5.41) is 0. The predicted molar refractivity (Wildman–Crippen MR) is 83.8 cm³/mol. The van der Waals surface area contributed by atoms with E-state index >= 15 is 0 Å². The van der Waals surface area contributed by atoms with E-state index in [4.69, 9.17) is 4.74 Å². The lowest BCUT2D eigenvalue weighted by Gasteiger charge is -2.24. The van der Waals surface area contributed by atoms with Crippen LogP contribution in [0.25, 0.3) is 0 Å². The van der Waals surface area contributed by atoms with Gasteiger partial charge in [-0.15, -0.1) is 0 Å². The Morgan fingerprint density at radius 3 is 2.87 bits per heavy atom. The molecule has 1 aliphatic rings. The molecule has 1 aliphatic heterocycles. The molecule has 0 N–H and O–H groups in total. The van der Waals surface area contributed by atoms with Crippen LogP contribution in [-0.2, 0) is 11.2 Å². The zero-order valence-electron chi connectivity index (χ0n) is 12.9. The first-order valence-electron chi connectivity index (χ1n) is 7.18. The van der Waals surface area contributed by atoms with Crippen LogP contribution < -0.4 is 0 Å². The van der Waals surface area contributed by atoms with E-state index < -0.39 is 12.1 Å². The maximum absolute atomic E-state index is 13.6. The van der Waals surface area contributed by atoms with E-state index in [1.807, 2.05) is 6.07 Å². The average Bonchev–Trinajstić information content (AvgIpc) is 2.55. The van der Waals surface area contributed by atoms with Crippen LogP contribution in [0.2, 0.25) is 0 Å². The zero-order chi connectivity index (χ0) is 16.4. The summed E-state index contributed by atoms with van der Waals surface area (Å²) < 4.78 is 19.0. The third kappa shape index (κ3) is 3.21. The maximum atomic E-state index is 13.6. The molecule has 5 nitrogen and oxygen atoms in total. The van der Waals surface area contributed by atoms with Crippen LogP contribution in [0.15, 0.2) is 47.7 Å². The molecular formula is C17H16FN3O2. The Morgan fingerprint density at radius 2 is 2.17 bits per heavy atom. The summed E-state index contributed by atoms with van der Waals surface area (Å²) in [4.78, 5) is 21.7. The van der Waals surface area contributed by atoms with Crippen molar-refractivity contribution in [3.63, 3.8) is 0 Å². The standard InChI is InChI=1S/C17H16FN3O2/c1-21(2)17(22)23-15-8-11-5-6-13(18)9-14(11)16(20-15)12-4-3-7-19-10-12/h3-7,9-10,16H,8H2,1-2H3. The normalized spacial score (nSPS) is 16.3. The van der Waals surface area contributed by atoms with Gasteiger partial charge in [0, 0.05) is 32.9 Å². The number of hydrogen-bond acceptors (Lipinski definition) is 4. The first-order chi connectivity index (χ1) is 11.0. The van der Waals surface area contributed by atoms with Crippen LogP contribution in [0.5, 0.6) is 0 Å². The number of rotatable bonds is 1. The van der Waals surface area contributed by atoms with Crippen molar-refractivity contribution in [2.24, 2.45) is 4.99 Å². The van der Waals surface area contributed by atoms with Gasteiger partial charge in [-0.2, -0.15) is 0 Å². The Morgan fingerprint density at radius 1 is 1.35 bits per heavy atom. The SMILES string of the molecule is CN(C)C(=O)OC1=NC(c2cccnc2)c2cc(F)ccc2C1. The molecule has 0 aliphatic carbocycles. The third-order valence-electron chi connectivity index (χ3n) is 3.59. The number of aliphatic imine (C=N–C) groups is 1. The molecule has 2 aromatic rings. The molecule has 1 amide bonds. The van der Waals surface area contributed by atoms with Crippen molar-refractivity contribution in [3.8, 4) is 0 Å². The highest BCUT2D eigenvalue weighted by Gasteiger charge is 2.26. The lowest BCUT2D eigenvalue weighted by Crippen LogP contribution is -2.28. The van der Waals surface area contributed by atoms with Crippen LogP contribution in [0, 0.1) is 5.82 Å². The number of amides is 1. The van der Waals surface area contributed by atoms with Gasteiger partial charge in [0.05, 0.1) is 0 Å². The van der Waals surface area contributed by atoms with Crippen LogP contribution in [0.1, 0.15) is 22.7 Å². The average molecular weight is 313 g/mol. The molecule has 0 radical (unpaired) electrons. The highest BCUT2D eigenvalue weighted by atomic mass is 19.1. The molecule has 0 saturated heterocycles. The van der Waals surface area contributed by atoms with E-state index in [9.17, 15) is 9.18 Å². The van der Waals surface area contributed by atoms with Gasteiger partial charge in [-0.1, -0.05) is 12.1 Å². The zero-order valence-corrected chi connectivity index (χ0v) is 12.9. The fraction of sp³-hybridized carbons (Fsp3) is 0.235. The smallest absolute Gasteiger partial charge is 0.395 e. The molecular weight excluding hydrogens is 297 g/mol.